The zero-order chi connectivity index (χ0) is 17.1. The zero-order valence-electron chi connectivity index (χ0n) is 12.2. The number of aromatic nitrogens is 1. The molecule has 0 fully saturated rings. The molecule has 0 saturated heterocycles. The summed E-state index contributed by atoms with van der Waals surface area (Å²) in [5.41, 5.74) is 1.72. The molecule has 0 unspecified atom stereocenters. The quantitative estimate of drug-likeness (QED) is 0.664. The normalized spacial score (nSPS) is 10.6. The number of hydrogen-bond donors (Lipinski definition) is 1. The van der Waals surface area contributed by atoms with E-state index in [-0.39, 0.29) is 22.4 Å². The van der Waals surface area contributed by atoms with Gasteiger partial charge < -0.3 is 9.84 Å². The highest BCUT2D eigenvalue weighted by Gasteiger charge is 2.15. The Hall–Kier alpha value is -2.37. The smallest absolute Gasteiger partial charge is 0.239 e. The van der Waals surface area contributed by atoms with Gasteiger partial charge in [-0.05, 0) is 24.3 Å². The van der Waals surface area contributed by atoms with Crippen molar-refractivity contribution < 1.29 is 13.7 Å². The molecule has 1 amide bonds. The van der Waals surface area contributed by atoms with E-state index in [2.05, 4.69) is 10.5 Å². The zero-order valence-corrected chi connectivity index (χ0v) is 13.7. The number of rotatable bonds is 4. The molecule has 0 spiro atoms. The van der Waals surface area contributed by atoms with Crippen molar-refractivity contribution in [3.63, 3.8) is 0 Å². The molecule has 1 aromatic heterocycles. The highest BCUT2D eigenvalue weighted by Crippen LogP contribution is 2.33. The largest absolute Gasteiger partial charge is 0.356 e. The molecule has 0 radical (unpaired) electrons. The predicted octanol–water partition coefficient (Wildman–Crippen LogP) is 4.98. The summed E-state index contributed by atoms with van der Waals surface area (Å²) < 4.78 is 19.3. The Bertz CT molecular complexity index is 876. The van der Waals surface area contributed by atoms with Crippen LogP contribution in [-0.2, 0) is 4.79 Å². The fraction of sp³-hybridized carbons (Fsp3) is 0.0588. The highest BCUT2D eigenvalue weighted by atomic mass is 35.5. The Morgan fingerprint density at radius 3 is 2.75 bits per heavy atom. The second-order valence-electron chi connectivity index (χ2n) is 4.94. The van der Waals surface area contributed by atoms with Crippen LogP contribution in [0.3, 0.4) is 0 Å². The Labute approximate surface area is 147 Å². The van der Waals surface area contributed by atoms with Crippen LogP contribution in [0.2, 0.25) is 5.02 Å². The first kappa shape index (κ1) is 16.5. The Kier molecular flexibility index (Phi) is 4.83. The molecule has 4 nitrogen and oxygen atoms in total. The number of amides is 1. The van der Waals surface area contributed by atoms with E-state index in [0.29, 0.717) is 22.7 Å². The summed E-state index contributed by atoms with van der Waals surface area (Å²) in [5, 5.41) is 6.78. The fourth-order valence-corrected chi connectivity index (χ4v) is 2.54. The Balaban J connectivity index is 1.94. The van der Waals surface area contributed by atoms with Crippen LogP contribution in [0.5, 0.6) is 0 Å². The van der Waals surface area contributed by atoms with Crippen LogP contribution in [0.1, 0.15) is 0 Å². The maximum Gasteiger partial charge on any atom is 0.239 e. The predicted molar refractivity (Wildman–Crippen MR) is 91.7 cm³/mol. The van der Waals surface area contributed by atoms with E-state index < -0.39 is 5.82 Å². The summed E-state index contributed by atoms with van der Waals surface area (Å²) in [6, 6.07) is 12.9. The molecule has 0 bridgehead atoms. The number of anilines is 1. The van der Waals surface area contributed by atoms with Gasteiger partial charge in [-0.1, -0.05) is 35.0 Å². The van der Waals surface area contributed by atoms with Gasteiger partial charge in [-0.25, -0.2) is 4.39 Å². The van der Waals surface area contributed by atoms with Gasteiger partial charge in [0.05, 0.1) is 10.6 Å². The number of alkyl halides is 1. The van der Waals surface area contributed by atoms with Crippen molar-refractivity contribution in [2.24, 2.45) is 0 Å². The number of carbonyl (C=O) groups excluding carboxylic acids is 1. The van der Waals surface area contributed by atoms with Crippen molar-refractivity contribution in [2.75, 3.05) is 11.2 Å². The molecule has 0 aliphatic rings. The van der Waals surface area contributed by atoms with Gasteiger partial charge in [-0.2, -0.15) is 0 Å². The SMILES string of the molecule is O=C(CCl)Nc1cccc(-c2cc(-c3c(F)cccc3Cl)no2)c1. The molecule has 0 atom stereocenters. The maximum absolute atomic E-state index is 14.0. The van der Waals surface area contributed by atoms with Gasteiger partial charge in [0.1, 0.15) is 17.4 Å². The standard InChI is InChI=1S/C17H11Cl2FN2O2/c18-9-16(23)21-11-4-1-3-10(7-11)15-8-14(22-24-15)17-12(19)5-2-6-13(17)20/h1-8H,9H2,(H,21,23). The Morgan fingerprint density at radius 1 is 1.21 bits per heavy atom. The summed E-state index contributed by atoms with van der Waals surface area (Å²) in [4.78, 5) is 11.4. The van der Waals surface area contributed by atoms with Crippen molar-refractivity contribution in [3.05, 3.63) is 59.4 Å². The second kappa shape index (κ2) is 7.03. The van der Waals surface area contributed by atoms with Crippen LogP contribution < -0.4 is 5.32 Å². The summed E-state index contributed by atoms with van der Waals surface area (Å²) in [7, 11) is 0. The van der Waals surface area contributed by atoms with Crippen molar-refractivity contribution in [1.29, 1.82) is 0 Å². The number of hydrogen-bond acceptors (Lipinski definition) is 3. The van der Waals surface area contributed by atoms with E-state index in [1.165, 1.54) is 12.1 Å². The average molecular weight is 365 g/mol. The first-order valence-corrected chi connectivity index (χ1v) is 7.87. The van der Waals surface area contributed by atoms with Gasteiger partial charge in [0.2, 0.25) is 5.91 Å². The number of carbonyl (C=O) groups is 1. The van der Waals surface area contributed by atoms with Crippen molar-refractivity contribution >= 4 is 34.8 Å². The van der Waals surface area contributed by atoms with Gasteiger partial charge in [0.25, 0.3) is 0 Å². The van der Waals surface area contributed by atoms with Gasteiger partial charge in [-0.15, -0.1) is 11.6 Å². The summed E-state index contributed by atoms with van der Waals surface area (Å²) in [5.74, 6) is -0.510. The van der Waals surface area contributed by atoms with E-state index in [9.17, 15) is 9.18 Å². The molecule has 0 saturated carbocycles. The summed E-state index contributed by atoms with van der Waals surface area (Å²) in [6.45, 7) is 0. The molecule has 0 aliphatic carbocycles. The maximum atomic E-state index is 14.0. The van der Waals surface area contributed by atoms with Gasteiger partial charge in [0.15, 0.2) is 5.76 Å². The molecular weight excluding hydrogens is 354 g/mol. The monoisotopic (exact) mass is 364 g/mol. The van der Waals surface area contributed by atoms with Crippen LogP contribution in [0.4, 0.5) is 10.1 Å². The van der Waals surface area contributed by atoms with E-state index >= 15 is 0 Å². The van der Waals surface area contributed by atoms with Gasteiger partial charge in [0, 0.05) is 17.3 Å². The molecule has 2 aromatic carbocycles. The van der Waals surface area contributed by atoms with Crippen LogP contribution >= 0.6 is 23.2 Å². The van der Waals surface area contributed by atoms with Gasteiger partial charge >= 0.3 is 0 Å². The molecule has 0 aliphatic heterocycles. The van der Waals surface area contributed by atoms with Crippen molar-refractivity contribution in [3.8, 4) is 22.6 Å². The lowest BCUT2D eigenvalue weighted by Gasteiger charge is -2.04. The molecule has 24 heavy (non-hydrogen) atoms. The lowest BCUT2D eigenvalue weighted by molar-refractivity contribution is -0.113. The molecule has 7 heteroatoms. The molecule has 3 aromatic rings. The average Bonchev–Trinajstić information content (AvgIpc) is 3.04. The van der Waals surface area contributed by atoms with Gasteiger partial charge in [-0.3, -0.25) is 4.79 Å². The van der Waals surface area contributed by atoms with Crippen molar-refractivity contribution in [2.45, 2.75) is 0 Å². The van der Waals surface area contributed by atoms with Crippen LogP contribution in [0.25, 0.3) is 22.6 Å². The minimum Gasteiger partial charge on any atom is -0.356 e. The molecule has 122 valence electrons. The molecule has 3 rings (SSSR count). The fourth-order valence-electron chi connectivity index (χ4n) is 2.22. The number of nitrogens with one attached hydrogen (secondary N) is 1. The molecule has 1 N–H and O–H groups in total. The highest BCUT2D eigenvalue weighted by molar-refractivity contribution is 6.33. The van der Waals surface area contributed by atoms with Crippen molar-refractivity contribution in [1.82, 2.24) is 5.16 Å². The lowest BCUT2D eigenvalue weighted by Crippen LogP contribution is -2.12. The number of nitrogens with zero attached hydrogens (tertiary/aromatic N) is 1. The van der Waals surface area contributed by atoms with Crippen LogP contribution in [0, 0.1) is 5.82 Å². The molecular formula is C17H11Cl2FN2O2. The number of benzene rings is 2. The topological polar surface area (TPSA) is 55.1 Å². The third-order valence-corrected chi connectivity index (χ3v) is 3.84. The third kappa shape index (κ3) is 3.42. The van der Waals surface area contributed by atoms with E-state index in [0.717, 1.165) is 0 Å². The first-order valence-electron chi connectivity index (χ1n) is 6.96. The van der Waals surface area contributed by atoms with Crippen LogP contribution in [0.15, 0.2) is 53.1 Å². The van der Waals surface area contributed by atoms with E-state index in [4.69, 9.17) is 27.7 Å². The van der Waals surface area contributed by atoms with E-state index in [1.807, 2.05) is 0 Å². The minimum atomic E-state index is -0.481. The van der Waals surface area contributed by atoms with Crippen LogP contribution in [-0.4, -0.2) is 16.9 Å². The molecule has 1 heterocycles. The number of halogens is 3. The Morgan fingerprint density at radius 2 is 2.00 bits per heavy atom. The minimum absolute atomic E-state index is 0.136. The first-order chi connectivity index (χ1) is 11.6. The summed E-state index contributed by atoms with van der Waals surface area (Å²) in [6.07, 6.45) is 0. The lowest BCUT2D eigenvalue weighted by atomic mass is 10.1. The summed E-state index contributed by atoms with van der Waals surface area (Å²) >= 11 is 11.5. The third-order valence-electron chi connectivity index (χ3n) is 3.28. The van der Waals surface area contributed by atoms with E-state index in [1.54, 1.807) is 36.4 Å². The second-order valence-corrected chi connectivity index (χ2v) is 5.61.